The van der Waals surface area contributed by atoms with Crippen LogP contribution in [-0.2, 0) is 4.79 Å². The van der Waals surface area contributed by atoms with Crippen LogP contribution in [0.2, 0.25) is 0 Å². The maximum absolute atomic E-state index is 10.6. The van der Waals surface area contributed by atoms with E-state index in [4.69, 9.17) is 10.8 Å². The van der Waals surface area contributed by atoms with Crippen LogP contribution in [0.3, 0.4) is 0 Å². The van der Waals surface area contributed by atoms with Gasteiger partial charge in [0.1, 0.15) is 24.1 Å². The molecule has 0 aromatic rings. The molecule has 0 fully saturated rings. The molecule has 8 heteroatoms. The van der Waals surface area contributed by atoms with E-state index in [-0.39, 0.29) is 5.84 Å². The van der Waals surface area contributed by atoms with E-state index in [0.29, 0.717) is 0 Å². The second-order valence-electron chi connectivity index (χ2n) is 4.56. The van der Waals surface area contributed by atoms with Crippen molar-refractivity contribution in [3.63, 3.8) is 0 Å². The maximum Gasteiger partial charge on any atom is 0.244 e. The number of amides is 1. The topological polar surface area (TPSA) is 148 Å². The Labute approximate surface area is 117 Å². The summed E-state index contributed by atoms with van der Waals surface area (Å²) in [5.74, 6) is -0.438. The van der Waals surface area contributed by atoms with Crippen LogP contribution in [0, 0.1) is 0 Å². The summed E-state index contributed by atoms with van der Waals surface area (Å²) in [5, 5.41) is 40.7. The molecule has 5 atom stereocenters. The molecule has 0 bridgehead atoms. The Bertz CT molecular complexity index is 370. The zero-order chi connectivity index (χ0) is 15.9. The van der Waals surface area contributed by atoms with Crippen LogP contribution in [0.1, 0.15) is 20.8 Å². The van der Waals surface area contributed by atoms with Crippen LogP contribution < -0.4 is 11.1 Å². The van der Waals surface area contributed by atoms with Gasteiger partial charge < -0.3 is 31.5 Å². The van der Waals surface area contributed by atoms with Crippen LogP contribution in [0.15, 0.2) is 17.3 Å². The third kappa shape index (κ3) is 6.62. The van der Waals surface area contributed by atoms with Crippen LogP contribution in [0.4, 0.5) is 0 Å². The van der Waals surface area contributed by atoms with Crippen LogP contribution in [0.5, 0.6) is 0 Å². The number of hydrogen-bond donors (Lipinski definition) is 6. The van der Waals surface area contributed by atoms with Crippen molar-refractivity contribution in [3.05, 3.63) is 12.3 Å². The largest absolute Gasteiger partial charge is 0.391 e. The molecule has 7 N–H and O–H groups in total. The summed E-state index contributed by atoms with van der Waals surface area (Å²) in [6.45, 7) is 4.12. The number of nitrogens with one attached hydrogen (secondary N) is 1. The third-order valence-electron chi connectivity index (χ3n) is 2.61. The lowest BCUT2D eigenvalue weighted by atomic mass is 9.99. The quantitative estimate of drug-likeness (QED) is 0.231. The Balaban J connectivity index is 4.44. The Kier molecular flexibility index (Phi) is 8.00. The number of nitrogens with zero attached hydrogens (tertiary/aromatic N) is 1. The lowest BCUT2D eigenvalue weighted by Crippen LogP contribution is -2.50. The molecule has 116 valence electrons. The van der Waals surface area contributed by atoms with Crippen LogP contribution >= 0.6 is 0 Å². The van der Waals surface area contributed by atoms with Crippen molar-refractivity contribution in [2.24, 2.45) is 10.7 Å². The van der Waals surface area contributed by atoms with Crippen molar-refractivity contribution < 1.29 is 25.2 Å². The number of nitrogens with two attached hydrogens (primary N) is 1. The monoisotopic (exact) mass is 289 g/mol. The summed E-state index contributed by atoms with van der Waals surface area (Å²) in [6.07, 6.45) is -2.76. The zero-order valence-electron chi connectivity index (χ0n) is 11.8. The molecule has 1 amide bonds. The second-order valence-corrected chi connectivity index (χ2v) is 4.56. The number of carbonyl (C=O) groups excluding carboxylic acids is 1. The van der Waals surface area contributed by atoms with Gasteiger partial charge >= 0.3 is 0 Å². The molecule has 20 heavy (non-hydrogen) atoms. The smallest absolute Gasteiger partial charge is 0.244 e. The summed E-state index contributed by atoms with van der Waals surface area (Å²) in [5.41, 5.74) is 5.40. The van der Waals surface area contributed by atoms with E-state index >= 15 is 0 Å². The van der Waals surface area contributed by atoms with Crippen molar-refractivity contribution in [1.29, 1.82) is 0 Å². The highest BCUT2D eigenvalue weighted by atomic mass is 16.4. The second kappa shape index (κ2) is 8.64. The molecule has 8 nitrogen and oxygen atoms in total. The standard InChI is InChI=1S/C12H23N3O5/c1-6(10(18)12(20)11(19)7(2)16)14-5-4-9(13)15-8(3)17/h4-7,10-12,14,16,18-20H,1-3H3,(H2,13,15,17)/b5-4-/t6-,7+,10+,11-,12+/m1/s1. The minimum atomic E-state index is -1.51. The van der Waals surface area contributed by atoms with E-state index < -0.39 is 36.4 Å². The third-order valence-corrected chi connectivity index (χ3v) is 2.61. The van der Waals surface area contributed by atoms with E-state index in [2.05, 4.69) is 10.3 Å². The Hall–Kier alpha value is -1.48. The first kappa shape index (κ1) is 18.5. The number of aliphatic hydroxyl groups excluding tert-OH is 4. The number of aliphatic imine (C=N–C) groups is 1. The van der Waals surface area contributed by atoms with Gasteiger partial charge in [-0.3, -0.25) is 4.79 Å². The van der Waals surface area contributed by atoms with Crippen molar-refractivity contribution in [3.8, 4) is 0 Å². The predicted octanol–water partition coefficient (Wildman–Crippen LogP) is -2.15. The van der Waals surface area contributed by atoms with E-state index in [1.54, 1.807) is 6.92 Å². The fourth-order valence-corrected chi connectivity index (χ4v) is 1.39. The highest BCUT2D eigenvalue weighted by molar-refractivity contribution is 5.99. The summed E-state index contributed by atoms with van der Waals surface area (Å²) >= 11 is 0. The van der Waals surface area contributed by atoms with Crippen molar-refractivity contribution in [2.45, 2.75) is 51.2 Å². The average Bonchev–Trinajstić information content (AvgIpc) is 2.34. The van der Waals surface area contributed by atoms with Gasteiger partial charge in [-0.05, 0) is 19.9 Å². The van der Waals surface area contributed by atoms with Gasteiger partial charge in [0.2, 0.25) is 5.91 Å². The molecule has 0 saturated carbocycles. The van der Waals surface area contributed by atoms with Crippen LogP contribution in [-0.4, -0.2) is 62.6 Å². The van der Waals surface area contributed by atoms with E-state index in [1.807, 2.05) is 0 Å². The maximum atomic E-state index is 10.6. The highest BCUT2D eigenvalue weighted by Crippen LogP contribution is 2.08. The summed E-state index contributed by atoms with van der Waals surface area (Å²) in [6, 6.07) is -0.625. The molecule has 0 aliphatic carbocycles. The van der Waals surface area contributed by atoms with Crippen LogP contribution in [0.25, 0.3) is 0 Å². The van der Waals surface area contributed by atoms with Gasteiger partial charge in [0.05, 0.1) is 12.1 Å². The van der Waals surface area contributed by atoms with E-state index in [9.17, 15) is 20.1 Å². The van der Waals surface area contributed by atoms with Gasteiger partial charge in [-0.2, -0.15) is 4.99 Å². The van der Waals surface area contributed by atoms with Gasteiger partial charge in [0, 0.05) is 13.1 Å². The molecule has 0 aromatic heterocycles. The molecule has 0 aromatic carbocycles. The first-order valence-corrected chi connectivity index (χ1v) is 6.16. The summed E-state index contributed by atoms with van der Waals surface area (Å²) < 4.78 is 0. The lowest BCUT2D eigenvalue weighted by Gasteiger charge is -2.28. The fraction of sp³-hybridized carbons (Fsp3) is 0.667. The zero-order valence-corrected chi connectivity index (χ0v) is 11.8. The molecule has 0 aliphatic rings. The number of carbonyl (C=O) groups is 1. The molecular formula is C12H23N3O5. The van der Waals surface area contributed by atoms with Gasteiger partial charge in [0.15, 0.2) is 0 Å². The Morgan fingerprint density at radius 2 is 1.70 bits per heavy atom. The lowest BCUT2D eigenvalue weighted by molar-refractivity contribution is -0.115. The fourth-order valence-electron chi connectivity index (χ4n) is 1.39. The highest BCUT2D eigenvalue weighted by Gasteiger charge is 2.31. The average molecular weight is 289 g/mol. The molecule has 0 radical (unpaired) electrons. The van der Waals surface area contributed by atoms with Crippen molar-refractivity contribution in [1.82, 2.24) is 5.32 Å². The van der Waals surface area contributed by atoms with Gasteiger partial charge in [-0.15, -0.1) is 0 Å². The number of amidine groups is 1. The minimum Gasteiger partial charge on any atom is -0.391 e. The summed E-state index contributed by atoms with van der Waals surface area (Å²) in [7, 11) is 0. The van der Waals surface area contributed by atoms with Gasteiger partial charge in [-0.25, -0.2) is 0 Å². The molecular weight excluding hydrogens is 266 g/mol. The van der Waals surface area contributed by atoms with Gasteiger partial charge in [-0.1, -0.05) is 0 Å². The Morgan fingerprint density at radius 1 is 1.15 bits per heavy atom. The van der Waals surface area contributed by atoms with Crippen molar-refractivity contribution in [2.75, 3.05) is 0 Å². The minimum absolute atomic E-state index is 0.00347. The SMILES string of the molecule is CC(=O)/N=C(N)\C=C/N[C@H](C)[C@H](O)[C@H](O)[C@H](O)[C@H](C)O. The molecule has 0 heterocycles. The number of rotatable bonds is 7. The first-order chi connectivity index (χ1) is 9.16. The molecule has 0 rings (SSSR count). The normalized spacial score (nSPS) is 20.2. The van der Waals surface area contributed by atoms with E-state index in [0.717, 1.165) is 0 Å². The molecule has 0 unspecified atom stereocenters. The van der Waals surface area contributed by atoms with Gasteiger partial charge in [0.25, 0.3) is 0 Å². The van der Waals surface area contributed by atoms with Crippen molar-refractivity contribution >= 4 is 11.7 Å². The Morgan fingerprint density at radius 3 is 2.15 bits per heavy atom. The molecule has 0 saturated heterocycles. The molecule has 0 spiro atoms. The van der Waals surface area contributed by atoms with E-state index in [1.165, 1.54) is 26.1 Å². The predicted molar refractivity (Wildman–Crippen MR) is 73.7 cm³/mol. The number of hydrogen-bond acceptors (Lipinski definition) is 6. The number of aliphatic hydroxyl groups is 4. The summed E-state index contributed by atoms with van der Waals surface area (Å²) in [4.78, 5) is 14.1. The first-order valence-electron chi connectivity index (χ1n) is 6.16. The molecule has 0 aliphatic heterocycles.